The van der Waals surface area contributed by atoms with E-state index in [0.29, 0.717) is 19.0 Å². The highest BCUT2D eigenvalue weighted by molar-refractivity contribution is 5.94. The maximum atomic E-state index is 5.74. The van der Waals surface area contributed by atoms with Gasteiger partial charge < -0.3 is 14.6 Å². The van der Waals surface area contributed by atoms with Crippen molar-refractivity contribution in [3.63, 3.8) is 0 Å². The van der Waals surface area contributed by atoms with Gasteiger partial charge in [0.1, 0.15) is 0 Å². The van der Waals surface area contributed by atoms with E-state index >= 15 is 0 Å². The second-order valence-corrected chi connectivity index (χ2v) is 7.59. The van der Waals surface area contributed by atoms with Crippen LogP contribution in [0.3, 0.4) is 0 Å². The van der Waals surface area contributed by atoms with Crippen molar-refractivity contribution in [3.05, 3.63) is 48.3 Å². The molecule has 156 valence electrons. The SMILES string of the molecule is CCOc1ncccc1-c1cc(NCc2cn(C)cn2)c2c(C(C)C)nn(C)c2n1. The van der Waals surface area contributed by atoms with Gasteiger partial charge in [-0.2, -0.15) is 5.10 Å². The van der Waals surface area contributed by atoms with Crippen LogP contribution in [0.1, 0.15) is 38.1 Å². The predicted molar refractivity (Wildman–Crippen MR) is 118 cm³/mol. The van der Waals surface area contributed by atoms with E-state index in [1.165, 1.54) is 0 Å². The summed E-state index contributed by atoms with van der Waals surface area (Å²) in [7, 11) is 3.90. The highest BCUT2D eigenvalue weighted by atomic mass is 16.5. The fourth-order valence-corrected chi connectivity index (χ4v) is 3.54. The number of ether oxygens (including phenoxy) is 1. The molecule has 4 aromatic rings. The zero-order chi connectivity index (χ0) is 21.3. The molecule has 8 nitrogen and oxygen atoms in total. The van der Waals surface area contributed by atoms with Crippen LogP contribution in [-0.4, -0.2) is 35.9 Å². The van der Waals surface area contributed by atoms with Crippen LogP contribution in [0.4, 0.5) is 5.69 Å². The molecule has 1 N–H and O–H groups in total. The van der Waals surface area contributed by atoms with E-state index in [1.807, 2.05) is 48.6 Å². The molecule has 0 aromatic carbocycles. The molecular formula is C22H27N7O. The van der Waals surface area contributed by atoms with Crippen LogP contribution in [0, 0.1) is 0 Å². The number of aromatic nitrogens is 6. The van der Waals surface area contributed by atoms with Gasteiger partial charge in [-0.15, -0.1) is 0 Å². The third kappa shape index (κ3) is 3.72. The molecule has 0 aliphatic rings. The third-order valence-electron chi connectivity index (χ3n) is 4.91. The molecule has 30 heavy (non-hydrogen) atoms. The Morgan fingerprint density at radius 1 is 1.20 bits per heavy atom. The number of hydrogen-bond donors (Lipinski definition) is 1. The standard InChI is InChI=1S/C22H27N7O/c1-6-30-22-16(8-7-9-23-22)17-10-18(24-11-15-12-28(4)13-25-15)19-20(14(2)3)27-29(5)21(19)26-17/h7-10,12-14H,6,11H2,1-5H3,(H,24,26). The third-order valence-corrected chi connectivity index (χ3v) is 4.91. The number of pyridine rings is 2. The molecule has 0 aliphatic heterocycles. The molecule has 4 heterocycles. The van der Waals surface area contributed by atoms with Crippen molar-refractivity contribution in [3.8, 4) is 17.1 Å². The lowest BCUT2D eigenvalue weighted by Crippen LogP contribution is -2.04. The summed E-state index contributed by atoms with van der Waals surface area (Å²) < 4.78 is 9.53. The van der Waals surface area contributed by atoms with E-state index in [1.54, 1.807) is 12.5 Å². The molecular weight excluding hydrogens is 378 g/mol. The van der Waals surface area contributed by atoms with Gasteiger partial charge in [0.25, 0.3) is 0 Å². The van der Waals surface area contributed by atoms with Crippen molar-refractivity contribution in [1.82, 2.24) is 29.3 Å². The Bertz CT molecular complexity index is 1180. The second kappa shape index (κ2) is 8.14. The molecule has 0 saturated heterocycles. The van der Waals surface area contributed by atoms with Crippen molar-refractivity contribution in [2.75, 3.05) is 11.9 Å². The van der Waals surface area contributed by atoms with E-state index in [0.717, 1.165) is 39.4 Å². The number of rotatable bonds is 7. The normalized spacial score (nSPS) is 11.4. The summed E-state index contributed by atoms with van der Waals surface area (Å²) in [6.45, 7) is 7.39. The lowest BCUT2D eigenvalue weighted by atomic mass is 10.0. The van der Waals surface area contributed by atoms with Crippen molar-refractivity contribution in [2.24, 2.45) is 14.1 Å². The van der Waals surface area contributed by atoms with Crippen molar-refractivity contribution < 1.29 is 4.74 Å². The lowest BCUT2D eigenvalue weighted by molar-refractivity contribution is 0.328. The van der Waals surface area contributed by atoms with Gasteiger partial charge in [0, 0.05) is 32.2 Å². The van der Waals surface area contributed by atoms with E-state index in [9.17, 15) is 0 Å². The van der Waals surface area contributed by atoms with Crippen LogP contribution in [0.15, 0.2) is 36.9 Å². The maximum absolute atomic E-state index is 5.74. The number of hydrogen-bond acceptors (Lipinski definition) is 6. The van der Waals surface area contributed by atoms with Crippen molar-refractivity contribution in [2.45, 2.75) is 33.2 Å². The minimum absolute atomic E-state index is 0.272. The van der Waals surface area contributed by atoms with Gasteiger partial charge in [-0.1, -0.05) is 13.8 Å². The summed E-state index contributed by atoms with van der Waals surface area (Å²) in [6.07, 6.45) is 5.54. The first-order chi connectivity index (χ1) is 14.5. The van der Waals surface area contributed by atoms with Crippen LogP contribution >= 0.6 is 0 Å². The van der Waals surface area contributed by atoms with Gasteiger partial charge in [0.05, 0.1) is 47.5 Å². The summed E-state index contributed by atoms with van der Waals surface area (Å²) in [5.41, 5.74) is 5.44. The molecule has 0 bridgehead atoms. The largest absolute Gasteiger partial charge is 0.477 e. The van der Waals surface area contributed by atoms with E-state index < -0.39 is 0 Å². The van der Waals surface area contributed by atoms with Crippen LogP contribution in [0.25, 0.3) is 22.3 Å². The minimum Gasteiger partial charge on any atom is -0.477 e. The van der Waals surface area contributed by atoms with Crippen molar-refractivity contribution in [1.29, 1.82) is 0 Å². The first-order valence-corrected chi connectivity index (χ1v) is 10.1. The van der Waals surface area contributed by atoms with Gasteiger partial charge in [-0.3, -0.25) is 4.68 Å². The van der Waals surface area contributed by atoms with E-state index in [4.69, 9.17) is 14.8 Å². The molecule has 0 radical (unpaired) electrons. The number of fused-ring (bicyclic) bond motifs is 1. The van der Waals surface area contributed by atoms with Gasteiger partial charge in [0.15, 0.2) is 5.65 Å². The maximum Gasteiger partial charge on any atom is 0.222 e. The summed E-state index contributed by atoms with van der Waals surface area (Å²) in [4.78, 5) is 13.7. The first kappa shape index (κ1) is 19.9. The quantitative estimate of drug-likeness (QED) is 0.502. The number of nitrogens with one attached hydrogen (secondary N) is 1. The Hall–Kier alpha value is -3.42. The first-order valence-electron chi connectivity index (χ1n) is 10.1. The number of nitrogens with zero attached hydrogens (tertiary/aromatic N) is 6. The van der Waals surface area contributed by atoms with Gasteiger partial charge in [-0.05, 0) is 31.0 Å². The van der Waals surface area contributed by atoms with E-state index in [-0.39, 0.29) is 5.92 Å². The Kier molecular flexibility index (Phi) is 5.39. The zero-order valence-corrected chi connectivity index (χ0v) is 18.0. The fraction of sp³-hybridized carbons (Fsp3) is 0.364. The molecule has 8 heteroatoms. The van der Waals surface area contributed by atoms with Crippen LogP contribution in [-0.2, 0) is 20.6 Å². The Morgan fingerprint density at radius 3 is 2.73 bits per heavy atom. The van der Waals surface area contributed by atoms with Crippen LogP contribution < -0.4 is 10.1 Å². The molecule has 0 amide bonds. The topological polar surface area (TPSA) is 82.7 Å². The van der Waals surface area contributed by atoms with Crippen LogP contribution in [0.2, 0.25) is 0 Å². The Morgan fingerprint density at radius 2 is 2.03 bits per heavy atom. The average molecular weight is 406 g/mol. The minimum atomic E-state index is 0.272. The van der Waals surface area contributed by atoms with Gasteiger partial charge >= 0.3 is 0 Å². The molecule has 0 fully saturated rings. The molecule has 4 aromatic heterocycles. The lowest BCUT2D eigenvalue weighted by Gasteiger charge is -2.13. The Labute approximate surface area is 175 Å². The number of anilines is 1. The number of imidazole rings is 1. The van der Waals surface area contributed by atoms with Gasteiger partial charge in [-0.25, -0.2) is 15.0 Å². The predicted octanol–water partition coefficient (Wildman–Crippen LogP) is 3.90. The average Bonchev–Trinajstić information content (AvgIpc) is 3.30. The Balaban J connectivity index is 1.86. The summed E-state index contributed by atoms with van der Waals surface area (Å²) in [6, 6.07) is 5.93. The highest BCUT2D eigenvalue weighted by Gasteiger charge is 2.20. The molecule has 0 atom stereocenters. The molecule has 4 rings (SSSR count). The second-order valence-electron chi connectivity index (χ2n) is 7.59. The summed E-state index contributed by atoms with van der Waals surface area (Å²) in [5, 5.41) is 9.34. The molecule has 0 aliphatic carbocycles. The fourth-order valence-electron chi connectivity index (χ4n) is 3.54. The monoisotopic (exact) mass is 405 g/mol. The summed E-state index contributed by atoms with van der Waals surface area (Å²) in [5.74, 6) is 0.850. The van der Waals surface area contributed by atoms with Crippen LogP contribution in [0.5, 0.6) is 5.88 Å². The molecule has 0 unspecified atom stereocenters. The zero-order valence-electron chi connectivity index (χ0n) is 18.0. The van der Waals surface area contributed by atoms with E-state index in [2.05, 4.69) is 35.2 Å². The smallest absolute Gasteiger partial charge is 0.222 e. The highest BCUT2D eigenvalue weighted by Crippen LogP contribution is 2.35. The van der Waals surface area contributed by atoms with Crippen molar-refractivity contribution >= 4 is 16.7 Å². The number of aryl methyl sites for hydroxylation is 2. The molecule has 0 spiro atoms. The summed E-state index contributed by atoms with van der Waals surface area (Å²) >= 11 is 0. The van der Waals surface area contributed by atoms with Gasteiger partial charge in [0.2, 0.25) is 5.88 Å². The molecule has 0 saturated carbocycles.